The number of aromatic nitrogens is 1. The van der Waals surface area contributed by atoms with Crippen LogP contribution in [0.2, 0.25) is 0 Å². The number of aryl methyl sites for hydroxylation is 1. The number of carbonyl (C=O) groups excluding carboxylic acids is 2. The summed E-state index contributed by atoms with van der Waals surface area (Å²) >= 11 is 0. The quantitative estimate of drug-likeness (QED) is 0.863. The van der Waals surface area contributed by atoms with Crippen LogP contribution in [0.25, 0.3) is 0 Å². The highest BCUT2D eigenvalue weighted by Gasteiger charge is 2.29. The molecule has 1 aliphatic rings. The van der Waals surface area contributed by atoms with Crippen molar-refractivity contribution in [2.45, 2.75) is 38.6 Å². The molecule has 1 aromatic carbocycles. The molecular formula is C22H27N3O3. The van der Waals surface area contributed by atoms with Gasteiger partial charge in [0.25, 0.3) is 0 Å². The number of pyridine rings is 1. The molecule has 2 heterocycles. The van der Waals surface area contributed by atoms with Gasteiger partial charge in [0, 0.05) is 25.3 Å². The maximum Gasteiger partial charge on any atom is 0.409 e. The molecule has 1 saturated heterocycles. The van der Waals surface area contributed by atoms with Crippen LogP contribution >= 0.6 is 0 Å². The maximum atomic E-state index is 13.2. The van der Waals surface area contributed by atoms with E-state index in [1.807, 2.05) is 49.4 Å². The topological polar surface area (TPSA) is 71.5 Å². The minimum Gasteiger partial charge on any atom is -0.450 e. The van der Waals surface area contributed by atoms with E-state index >= 15 is 0 Å². The number of amides is 2. The third kappa shape index (κ3) is 4.68. The summed E-state index contributed by atoms with van der Waals surface area (Å²) in [5.41, 5.74) is 2.76. The molecular weight excluding hydrogens is 354 g/mol. The van der Waals surface area contributed by atoms with Crippen LogP contribution in [0, 0.1) is 6.92 Å². The van der Waals surface area contributed by atoms with Crippen molar-refractivity contribution in [3.63, 3.8) is 0 Å². The first-order chi connectivity index (χ1) is 13.6. The molecule has 1 N–H and O–H groups in total. The van der Waals surface area contributed by atoms with Crippen molar-refractivity contribution in [3.05, 3.63) is 65.5 Å². The zero-order valence-electron chi connectivity index (χ0n) is 16.4. The molecule has 1 fully saturated rings. The summed E-state index contributed by atoms with van der Waals surface area (Å²) in [6.07, 6.45) is 2.87. The zero-order chi connectivity index (χ0) is 19.9. The first-order valence-electron chi connectivity index (χ1n) is 9.78. The minimum absolute atomic E-state index is 0.0356. The van der Waals surface area contributed by atoms with Gasteiger partial charge in [0.1, 0.15) is 5.92 Å². The zero-order valence-corrected chi connectivity index (χ0v) is 16.4. The van der Waals surface area contributed by atoms with E-state index in [1.54, 1.807) is 18.0 Å². The van der Waals surface area contributed by atoms with Gasteiger partial charge in [0.05, 0.1) is 12.3 Å². The number of nitrogens with one attached hydrogen (secondary N) is 1. The lowest BCUT2D eigenvalue weighted by Crippen LogP contribution is -2.47. The van der Waals surface area contributed by atoms with Gasteiger partial charge in [0.2, 0.25) is 5.91 Å². The summed E-state index contributed by atoms with van der Waals surface area (Å²) in [6, 6.07) is 13.6. The van der Waals surface area contributed by atoms with E-state index in [1.165, 1.54) is 0 Å². The second kappa shape index (κ2) is 9.35. The van der Waals surface area contributed by atoms with Gasteiger partial charge in [-0.25, -0.2) is 4.79 Å². The molecule has 2 amide bonds. The predicted octanol–water partition coefficient (Wildman–Crippen LogP) is 3.26. The maximum absolute atomic E-state index is 13.2. The smallest absolute Gasteiger partial charge is 0.409 e. The Hall–Kier alpha value is -2.89. The average Bonchev–Trinajstić information content (AvgIpc) is 2.71. The van der Waals surface area contributed by atoms with E-state index in [2.05, 4.69) is 10.3 Å². The van der Waals surface area contributed by atoms with Crippen LogP contribution in [0.4, 0.5) is 4.79 Å². The first kappa shape index (κ1) is 19.9. The van der Waals surface area contributed by atoms with Gasteiger partial charge in [-0.2, -0.15) is 0 Å². The molecule has 0 spiro atoms. The second-order valence-corrected chi connectivity index (χ2v) is 7.01. The fourth-order valence-electron chi connectivity index (χ4n) is 3.60. The van der Waals surface area contributed by atoms with Gasteiger partial charge in [-0.3, -0.25) is 9.78 Å². The Balaban J connectivity index is 1.71. The van der Waals surface area contributed by atoms with E-state index < -0.39 is 5.92 Å². The summed E-state index contributed by atoms with van der Waals surface area (Å²) in [6.45, 7) is 5.35. The number of hydrogen-bond acceptors (Lipinski definition) is 4. The number of rotatable bonds is 5. The third-order valence-electron chi connectivity index (χ3n) is 5.11. The first-order valence-corrected chi connectivity index (χ1v) is 9.78. The Bertz CT molecular complexity index is 802. The molecule has 0 radical (unpaired) electrons. The Kier molecular flexibility index (Phi) is 6.63. The molecule has 6 nitrogen and oxygen atoms in total. The predicted molar refractivity (Wildman–Crippen MR) is 107 cm³/mol. The third-order valence-corrected chi connectivity index (χ3v) is 5.11. The van der Waals surface area contributed by atoms with Gasteiger partial charge < -0.3 is 15.0 Å². The molecule has 1 unspecified atom stereocenters. The van der Waals surface area contributed by atoms with Gasteiger partial charge in [-0.05, 0) is 49.9 Å². The Morgan fingerprint density at radius 3 is 2.54 bits per heavy atom. The minimum atomic E-state index is -0.453. The summed E-state index contributed by atoms with van der Waals surface area (Å²) in [5, 5.41) is 3.18. The lowest BCUT2D eigenvalue weighted by molar-refractivity contribution is -0.122. The SMILES string of the molecule is CCOC(=O)N1CCC(NC(=O)C(c2ccccn2)c2ccccc2C)CC1. The molecule has 3 rings (SSSR count). The largest absolute Gasteiger partial charge is 0.450 e. The molecule has 0 bridgehead atoms. The normalized spacial score (nSPS) is 15.7. The van der Waals surface area contributed by atoms with Crippen LogP contribution in [0.5, 0.6) is 0 Å². The molecule has 0 aliphatic carbocycles. The molecule has 0 saturated carbocycles. The molecule has 1 atom stereocenters. The fraction of sp³-hybridized carbons (Fsp3) is 0.409. The van der Waals surface area contributed by atoms with Crippen LogP contribution < -0.4 is 5.32 Å². The van der Waals surface area contributed by atoms with Crippen LogP contribution in [0.1, 0.15) is 42.5 Å². The van der Waals surface area contributed by atoms with E-state index in [9.17, 15) is 9.59 Å². The summed E-state index contributed by atoms with van der Waals surface area (Å²) in [5.74, 6) is -0.506. The lowest BCUT2D eigenvalue weighted by Gasteiger charge is -2.32. The van der Waals surface area contributed by atoms with Crippen LogP contribution in [-0.4, -0.2) is 47.6 Å². The molecule has 6 heteroatoms. The average molecular weight is 381 g/mol. The highest BCUT2D eigenvalue weighted by Crippen LogP contribution is 2.27. The molecule has 2 aromatic rings. The number of nitrogens with zero attached hydrogens (tertiary/aromatic N) is 2. The fourth-order valence-corrected chi connectivity index (χ4v) is 3.60. The van der Waals surface area contributed by atoms with Gasteiger partial charge in [-0.1, -0.05) is 30.3 Å². The van der Waals surface area contributed by atoms with Crippen molar-refractivity contribution in [1.29, 1.82) is 0 Å². The Morgan fingerprint density at radius 2 is 1.89 bits per heavy atom. The van der Waals surface area contributed by atoms with Gasteiger partial charge in [0.15, 0.2) is 0 Å². The van der Waals surface area contributed by atoms with E-state index in [0.717, 1.165) is 16.8 Å². The van der Waals surface area contributed by atoms with Crippen LogP contribution in [0.3, 0.4) is 0 Å². The second-order valence-electron chi connectivity index (χ2n) is 7.01. The number of ether oxygens (including phenoxy) is 1. The lowest BCUT2D eigenvalue weighted by atomic mass is 9.90. The molecule has 1 aromatic heterocycles. The number of carbonyl (C=O) groups is 2. The van der Waals surface area contributed by atoms with Crippen LogP contribution in [-0.2, 0) is 9.53 Å². The number of likely N-dealkylation sites (tertiary alicyclic amines) is 1. The van der Waals surface area contributed by atoms with Crippen molar-refractivity contribution >= 4 is 12.0 Å². The van der Waals surface area contributed by atoms with Crippen LogP contribution in [0.15, 0.2) is 48.7 Å². The van der Waals surface area contributed by atoms with E-state index in [4.69, 9.17) is 4.74 Å². The Morgan fingerprint density at radius 1 is 1.18 bits per heavy atom. The van der Waals surface area contributed by atoms with Crippen molar-refractivity contribution in [2.24, 2.45) is 0 Å². The highest BCUT2D eigenvalue weighted by atomic mass is 16.6. The summed E-state index contributed by atoms with van der Waals surface area (Å²) < 4.78 is 5.06. The van der Waals surface area contributed by atoms with Gasteiger partial charge in [-0.15, -0.1) is 0 Å². The summed E-state index contributed by atoms with van der Waals surface area (Å²) in [4.78, 5) is 31.2. The van der Waals surface area contributed by atoms with E-state index in [-0.39, 0.29) is 18.0 Å². The molecule has 28 heavy (non-hydrogen) atoms. The van der Waals surface area contributed by atoms with Crippen molar-refractivity contribution in [3.8, 4) is 0 Å². The highest BCUT2D eigenvalue weighted by molar-refractivity contribution is 5.87. The number of hydrogen-bond donors (Lipinski definition) is 1. The summed E-state index contributed by atoms with van der Waals surface area (Å²) in [7, 11) is 0. The van der Waals surface area contributed by atoms with Crippen molar-refractivity contribution in [1.82, 2.24) is 15.2 Å². The monoisotopic (exact) mass is 381 g/mol. The molecule has 1 aliphatic heterocycles. The Labute approximate surface area is 165 Å². The van der Waals surface area contributed by atoms with Crippen molar-refractivity contribution in [2.75, 3.05) is 19.7 Å². The standard InChI is InChI=1S/C22H27N3O3/c1-3-28-22(27)25-14-11-17(12-15-25)24-21(26)20(19-10-6-7-13-23-19)18-9-5-4-8-16(18)2/h4-10,13,17,20H,3,11-12,14-15H2,1-2H3,(H,24,26). The van der Waals surface area contributed by atoms with E-state index in [0.29, 0.717) is 32.5 Å². The van der Waals surface area contributed by atoms with Gasteiger partial charge >= 0.3 is 6.09 Å². The molecule has 148 valence electrons. The number of piperidine rings is 1. The van der Waals surface area contributed by atoms with Crippen molar-refractivity contribution < 1.29 is 14.3 Å². The number of benzene rings is 1.